The smallest absolute Gasteiger partial charge is 0.381 e. The van der Waals surface area contributed by atoms with Crippen LogP contribution in [0.2, 0.25) is 0 Å². The number of nitrogens with zero attached hydrogens (tertiary/aromatic N) is 4. The number of amides is 1. The van der Waals surface area contributed by atoms with Crippen LogP contribution in [0.25, 0.3) is 0 Å². The van der Waals surface area contributed by atoms with Crippen molar-refractivity contribution in [2.45, 2.75) is 81.8 Å². The van der Waals surface area contributed by atoms with E-state index in [2.05, 4.69) is 22.4 Å². The molecule has 0 unspecified atom stereocenters. The molecule has 0 radical (unpaired) electrons. The lowest BCUT2D eigenvalue weighted by atomic mass is 9.62. The van der Waals surface area contributed by atoms with Crippen LogP contribution in [0.1, 0.15) is 90.4 Å². The second-order valence-corrected chi connectivity index (χ2v) is 11.9. The average molecular weight is 554 g/mol. The number of methoxy groups -OCH3 is 1. The van der Waals surface area contributed by atoms with Gasteiger partial charge in [0, 0.05) is 37.0 Å². The Hall–Kier alpha value is -3.24. The Labute approximate surface area is 231 Å². The summed E-state index contributed by atoms with van der Waals surface area (Å²) in [5, 5.41) is 11.9. The van der Waals surface area contributed by atoms with Gasteiger partial charge in [0.25, 0.3) is 5.91 Å². The van der Waals surface area contributed by atoms with E-state index in [1.54, 1.807) is 25.6 Å². The lowest BCUT2D eigenvalue weighted by molar-refractivity contribution is -0.138. The summed E-state index contributed by atoms with van der Waals surface area (Å²) in [6, 6.07) is 10.0. The van der Waals surface area contributed by atoms with Crippen molar-refractivity contribution < 1.29 is 22.7 Å². The van der Waals surface area contributed by atoms with Crippen LogP contribution in [-0.2, 0) is 29.9 Å². The Balaban J connectivity index is 1.36. The fourth-order valence-electron chi connectivity index (χ4n) is 6.72. The van der Waals surface area contributed by atoms with Gasteiger partial charge >= 0.3 is 6.18 Å². The third-order valence-electron chi connectivity index (χ3n) is 9.23. The Bertz CT molecular complexity index is 1460. The van der Waals surface area contributed by atoms with Crippen molar-refractivity contribution in [3.05, 3.63) is 76.4 Å². The van der Waals surface area contributed by atoms with Gasteiger partial charge in [-0.3, -0.25) is 4.79 Å². The van der Waals surface area contributed by atoms with Gasteiger partial charge in [0.2, 0.25) is 0 Å². The van der Waals surface area contributed by atoms with Crippen LogP contribution in [0.15, 0.2) is 42.7 Å². The number of halogens is 3. The van der Waals surface area contributed by atoms with Crippen LogP contribution >= 0.6 is 0 Å². The van der Waals surface area contributed by atoms with Gasteiger partial charge in [-0.05, 0) is 86.9 Å². The average Bonchev–Trinajstić information content (AvgIpc) is 3.45. The number of fused-ring (bicyclic) bond motifs is 1. The highest BCUT2D eigenvalue weighted by Gasteiger charge is 2.50. The number of hydrogen-bond donors (Lipinski definition) is 1. The third-order valence-corrected chi connectivity index (χ3v) is 9.23. The van der Waals surface area contributed by atoms with Crippen molar-refractivity contribution in [2.24, 2.45) is 7.05 Å². The number of ether oxygens (including phenoxy) is 1. The van der Waals surface area contributed by atoms with Gasteiger partial charge in [-0.1, -0.05) is 12.1 Å². The first-order valence-corrected chi connectivity index (χ1v) is 13.8. The second-order valence-electron chi connectivity index (χ2n) is 11.9. The molecule has 1 aliphatic heterocycles. The van der Waals surface area contributed by atoms with Crippen LogP contribution in [0.4, 0.5) is 18.9 Å². The van der Waals surface area contributed by atoms with E-state index in [0.29, 0.717) is 24.1 Å². The maximum atomic E-state index is 14.3. The van der Waals surface area contributed by atoms with Crippen molar-refractivity contribution in [3.63, 3.8) is 0 Å². The maximum absolute atomic E-state index is 14.3. The first kappa shape index (κ1) is 27.0. The second kappa shape index (κ2) is 9.41. The number of hydrogen-bond acceptors (Lipinski definition) is 5. The minimum atomic E-state index is -4.57. The molecule has 2 fully saturated rings. The molecule has 0 spiro atoms. The molecule has 2 saturated carbocycles. The molecule has 3 aliphatic rings. The van der Waals surface area contributed by atoms with E-state index in [1.807, 2.05) is 36.7 Å². The monoisotopic (exact) mass is 553 g/mol. The first-order valence-electron chi connectivity index (χ1n) is 13.8. The quantitative estimate of drug-likeness (QED) is 0.408. The molecule has 40 heavy (non-hydrogen) atoms. The number of aryl methyl sites for hydroxylation is 1. The molecule has 2 aromatic carbocycles. The summed E-state index contributed by atoms with van der Waals surface area (Å²) in [6.45, 7) is 3.82. The summed E-state index contributed by atoms with van der Waals surface area (Å²) < 4.78 is 50.4. The molecule has 1 atom stereocenters. The van der Waals surface area contributed by atoms with E-state index < -0.39 is 23.1 Å². The van der Waals surface area contributed by atoms with E-state index in [4.69, 9.17) is 4.74 Å². The lowest BCUT2D eigenvalue weighted by Gasteiger charge is -2.46. The summed E-state index contributed by atoms with van der Waals surface area (Å²) in [6.07, 6.45) is 1.59. The van der Waals surface area contributed by atoms with Gasteiger partial charge in [0.15, 0.2) is 0 Å². The van der Waals surface area contributed by atoms with Crippen LogP contribution in [-0.4, -0.2) is 39.4 Å². The number of anilines is 1. The zero-order chi connectivity index (χ0) is 28.4. The highest BCUT2D eigenvalue weighted by atomic mass is 19.4. The molecule has 6 rings (SSSR count). The Kier molecular flexibility index (Phi) is 6.34. The van der Waals surface area contributed by atoms with Crippen LogP contribution in [0.3, 0.4) is 0 Å². The van der Waals surface area contributed by atoms with E-state index >= 15 is 0 Å². The molecular formula is C30H34F3N5O2. The number of benzene rings is 2. The topological polar surface area (TPSA) is 72.3 Å². The first-order chi connectivity index (χ1) is 18.9. The lowest BCUT2D eigenvalue weighted by Crippen LogP contribution is -2.49. The van der Waals surface area contributed by atoms with Crippen molar-refractivity contribution in [1.29, 1.82) is 0 Å². The van der Waals surface area contributed by atoms with E-state index in [-0.39, 0.29) is 35.4 Å². The third kappa shape index (κ3) is 4.32. The molecule has 1 amide bonds. The van der Waals surface area contributed by atoms with Gasteiger partial charge in [-0.25, -0.2) is 0 Å². The van der Waals surface area contributed by atoms with Gasteiger partial charge in [-0.2, -0.15) is 13.2 Å². The molecule has 7 nitrogen and oxygen atoms in total. The van der Waals surface area contributed by atoms with Gasteiger partial charge in [0.1, 0.15) is 12.2 Å². The van der Waals surface area contributed by atoms with Crippen LogP contribution in [0.5, 0.6) is 0 Å². The molecular weight excluding hydrogens is 519 g/mol. The molecule has 2 aliphatic carbocycles. The maximum Gasteiger partial charge on any atom is 0.416 e. The highest BCUT2D eigenvalue weighted by molar-refractivity contribution is 6.10. The Morgan fingerprint density at radius 2 is 1.93 bits per heavy atom. The largest absolute Gasteiger partial charge is 0.416 e. The van der Waals surface area contributed by atoms with Crippen molar-refractivity contribution in [2.75, 3.05) is 12.0 Å². The molecule has 0 bridgehead atoms. The summed E-state index contributed by atoms with van der Waals surface area (Å²) >= 11 is 0. The molecule has 3 aromatic rings. The Morgan fingerprint density at radius 3 is 2.52 bits per heavy atom. The molecule has 2 heterocycles. The van der Waals surface area contributed by atoms with Gasteiger partial charge < -0.3 is 19.5 Å². The zero-order valence-corrected chi connectivity index (χ0v) is 23.2. The fourth-order valence-corrected chi connectivity index (χ4v) is 6.72. The number of carbonyl (C=O) groups excluding carboxylic acids is 1. The standard InChI is InChI=1S/C30H34F3N5O2/c1-18(35-28(2)9-6-10-28)19-11-23-24(25(12-19)30(31,32)33)16-38(26(23)39)21-8-5-7-20(13-21)29(14-22(15-29)40-4)27-36-34-17-37(27)3/h5,7-8,11-13,17-18,22,35H,6,9-10,14-16H2,1-4H3/t18-,22?,29?/m0/s1. The number of alkyl halides is 3. The van der Waals surface area contributed by atoms with Gasteiger partial charge in [0.05, 0.1) is 23.6 Å². The molecule has 212 valence electrons. The van der Waals surface area contributed by atoms with Crippen molar-refractivity contribution >= 4 is 11.6 Å². The molecule has 1 N–H and O–H groups in total. The van der Waals surface area contributed by atoms with E-state index in [1.165, 1.54) is 11.0 Å². The number of aromatic nitrogens is 3. The van der Waals surface area contributed by atoms with Crippen molar-refractivity contribution in [1.82, 2.24) is 20.1 Å². The predicted octanol–water partition coefficient (Wildman–Crippen LogP) is 5.68. The summed E-state index contributed by atoms with van der Waals surface area (Å²) in [4.78, 5) is 15.2. The molecule has 10 heteroatoms. The molecule has 0 saturated heterocycles. The van der Waals surface area contributed by atoms with Crippen LogP contribution in [0, 0.1) is 0 Å². The van der Waals surface area contributed by atoms with E-state index in [9.17, 15) is 18.0 Å². The minimum absolute atomic E-state index is 0.0276. The van der Waals surface area contributed by atoms with E-state index in [0.717, 1.165) is 30.7 Å². The minimum Gasteiger partial charge on any atom is -0.381 e. The number of rotatable bonds is 7. The SMILES string of the molecule is COC1CC(c2cccc(N3Cc4c(cc([C@H](C)NC5(C)CCC5)cc4C(F)(F)F)C3=O)c2)(c2nncn2C)C1. The van der Waals surface area contributed by atoms with Crippen LogP contribution < -0.4 is 10.2 Å². The highest BCUT2D eigenvalue weighted by Crippen LogP contribution is 2.50. The fraction of sp³-hybridized carbons (Fsp3) is 0.500. The normalized spacial score (nSPS) is 24.4. The van der Waals surface area contributed by atoms with Crippen molar-refractivity contribution in [3.8, 4) is 0 Å². The summed E-state index contributed by atoms with van der Waals surface area (Å²) in [7, 11) is 3.57. The summed E-state index contributed by atoms with van der Waals surface area (Å²) in [5.74, 6) is 0.372. The number of carbonyl (C=O) groups is 1. The van der Waals surface area contributed by atoms with Gasteiger partial charge in [-0.15, -0.1) is 10.2 Å². The zero-order valence-electron chi connectivity index (χ0n) is 23.2. The Morgan fingerprint density at radius 1 is 1.18 bits per heavy atom. The summed E-state index contributed by atoms with van der Waals surface area (Å²) in [5.41, 5.74) is 0.830. The number of nitrogens with one attached hydrogen (secondary N) is 1. The molecule has 1 aromatic heterocycles. The predicted molar refractivity (Wildman–Crippen MR) is 144 cm³/mol.